The van der Waals surface area contributed by atoms with E-state index in [-0.39, 0.29) is 11.3 Å². The molecule has 0 aromatic carbocycles. The van der Waals surface area contributed by atoms with Crippen LogP contribution in [0, 0.1) is 18.3 Å². The van der Waals surface area contributed by atoms with Crippen LogP contribution in [0.5, 0.6) is 0 Å². The molecule has 1 N–H and O–H groups in total. The molecule has 0 spiro atoms. The second-order valence-corrected chi connectivity index (χ2v) is 7.51. The Morgan fingerprint density at radius 2 is 2.00 bits per heavy atom. The van der Waals surface area contributed by atoms with Crippen LogP contribution in [0.3, 0.4) is 0 Å². The van der Waals surface area contributed by atoms with Gasteiger partial charge in [-0.3, -0.25) is 4.79 Å². The number of nitrogens with zero attached hydrogens (tertiary/aromatic N) is 2. The van der Waals surface area contributed by atoms with Crippen LogP contribution >= 0.6 is 11.3 Å². The maximum atomic E-state index is 12.2. The Labute approximate surface area is 141 Å². The smallest absolute Gasteiger partial charge is 0.231 e. The van der Waals surface area contributed by atoms with Gasteiger partial charge in [-0.05, 0) is 28.8 Å². The molecule has 2 rings (SSSR count). The fourth-order valence-electron chi connectivity index (χ4n) is 2.21. The predicted molar refractivity (Wildman–Crippen MR) is 92.4 cm³/mol. The highest BCUT2D eigenvalue weighted by molar-refractivity contribution is 7.14. The number of carbonyl (C=O) groups is 1. The van der Waals surface area contributed by atoms with Crippen LogP contribution in [0.1, 0.15) is 43.9 Å². The average Bonchev–Trinajstić information content (AvgIpc) is 2.89. The summed E-state index contributed by atoms with van der Waals surface area (Å²) in [7, 11) is 0. The summed E-state index contributed by atoms with van der Waals surface area (Å²) in [6.45, 7) is 8.84. The number of anilines is 1. The maximum Gasteiger partial charge on any atom is 0.231 e. The van der Waals surface area contributed by atoms with Crippen molar-refractivity contribution in [3.63, 3.8) is 0 Å². The molecule has 1 amide bonds. The SMILES string of the molecule is Cc1cc[n+](CCC(=O)Nc2scc(C(C)(C)C)c2C#N)cc1. The van der Waals surface area contributed by atoms with Crippen LogP contribution in [-0.4, -0.2) is 5.91 Å². The Morgan fingerprint density at radius 3 is 2.57 bits per heavy atom. The molecule has 4 nitrogen and oxygen atoms in total. The number of pyridine rings is 1. The van der Waals surface area contributed by atoms with Crippen LogP contribution in [0.25, 0.3) is 0 Å². The maximum absolute atomic E-state index is 12.2. The number of aryl methyl sites for hydroxylation is 2. The molecular weight excluding hydrogens is 306 g/mol. The summed E-state index contributed by atoms with van der Waals surface area (Å²) >= 11 is 1.42. The molecule has 120 valence electrons. The summed E-state index contributed by atoms with van der Waals surface area (Å²) < 4.78 is 1.98. The van der Waals surface area contributed by atoms with Crippen molar-refractivity contribution >= 4 is 22.2 Å². The van der Waals surface area contributed by atoms with Crippen molar-refractivity contribution in [1.29, 1.82) is 5.26 Å². The van der Waals surface area contributed by atoms with Crippen molar-refractivity contribution in [2.75, 3.05) is 5.32 Å². The summed E-state index contributed by atoms with van der Waals surface area (Å²) in [6.07, 6.45) is 4.31. The molecule has 0 bridgehead atoms. The summed E-state index contributed by atoms with van der Waals surface area (Å²) in [6, 6.07) is 6.26. The fraction of sp³-hybridized carbons (Fsp3) is 0.389. The van der Waals surface area contributed by atoms with E-state index in [4.69, 9.17) is 0 Å². The molecule has 0 radical (unpaired) electrons. The zero-order valence-corrected chi connectivity index (χ0v) is 14.8. The molecule has 23 heavy (non-hydrogen) atoms. The number of hydrogen-bond acceptors (Lipinski definition) is 3. The minimum Gasteiger partial charge on any atom is -0.316 e. The zero-order chi connectivity index (χ0) is 17.0. The van der Waals surface area contributed by atoms with Crippen molar-refractivity contribution in [3.05, 3.63) is 46.6 Å². The highest BCUT2D eigenvalue weighted by Gasteiger charge is 2.23. The van der Waals surface area contributed by atoms with Gasteiger partial charge in [0.1, 0.15) is 11.1 Å². The molecular formula is C18H22N3OS+. The number of amides is 1. The van der Waals surface area contributed by atoms with Crippen molar-refractivity contribution < 1.29 is 9.36 Å². The van der Waals surface area contributed by atoms with Crippen molar-refractivity contribution in [1.82, 2.24) is 0 Å². The number of nitriles is 1. The zero-order valence-electron chi connectivity index (χ0n) is 14.0. The highest BCUT2D eigenvalue weighted by atomic mass is 32.1. The van der Waals surface area contributed by atoms with E-state index in [0.29, 0.717) is 23.5 Å². The molecule has 2 heterocycles. The molecule has 0 fully saturated rings. The Morgan fingerprint density at radius 1 is 1.35 bits per heavy atom. The molecule has 2 aromatic heterocycles. The van der Waals surface area contributed by atoms with E-state index in [0.717, 1.165) is 5.56 Å². The van der Waals surface area contributed by atoms with Crippen LogP contribution in [0.15, 0.2) is 29.9 Å². The first-order chi connectivity index (χ1) is 10.8. The van der Waals surface area contributed by atoms with Gasteiger partial charge in [-0.2, -0.15) is 5.26 Å². The van der Waals surface area contributed by atoms with Gasteiger partial charge in [0.25, 0.3) is 0 Å². The van der Waals surface area contributed by atoms with E-state index < -0.39 is 0 Å². The van der Waals surface area contributed by atoms with Crippen molar-refractivity contribution in [2.45, 2.75) is 46.1 Å². The summed E-state index contributed by atoms with van der Waals surface area (Å²) in [4.78, 5) is 12.2. The molecule has 0 aliphatic heterocycles. The third-order valence-electron chi connectivity index (χ3n) is 3.62. The van der Waals surface area contributed by atoms with Gasteiger partial charge < -0.3 is 5.32 Å². The second kappa shape index (κ2) is 6.93. The average molecular weight is 328 g/mol. The Hall–Kier alpha value is -2.19. The van der Waals surface area contributed by atoms with Crippen LogP contribution in [-0.2, 0) is 16.8 Å². The van der Waals surface area contributed by atoms with Gasteiger partial charge in [0.15, 0.2) is 18.9 Å². The monoisotopic (exact) mass is 328 g/mol. The van der Waals surface area contributed by atoms with E-state index in [1.54, 1.807) is 0 Å². The number of aromatic nitrogens is 1. The number of thiophene rings is 1. The van der Waals surface area contributed by atoms with Crippen LogP contribution < -0.4 is 9.88 Å². The first kappa shape index (κ1) is 17.2. The van der Waals surface area contributed by atoms with Gasteiger partial charge in [0.05, 0.1) is 12.0 Å². The lowest BCUT2D eigenvalue weighted by Crippen LogP contribution is -2.34. The van der Waals surface area contributed by atoms with E-state index in [1.165, 1.54) is 16.9 Å². The van der Waals surface area contributed by atoms with Gasteiger partial charge in [-0.1, -0.05) is 20.8 Å². The summed E-state index contributed by atoms with van der Waals surface area (Å²) in [5.74, 6) is -0.0723. The lowest BCUT2D eigenvalue weighted by molar-refractivity contribution is -0.695. The van der Waals surface area contributed by atoms with E-state index >= 15 is 0 Å². The van der Waals surface area contributed by atoms with E-state index in [1.807, 2.05) is 41.4 Å². The first-order valence-corrected chi connectivity index (χ1v) is 8.47. The number of carbonyl (C=O) groups excluding carboxylic acids is 1. The third-order valence-corrected chi connectivity index (χ3v) is 4.51. The standard InChI is InChI=1S/C18H21N3OS/c1-13-5-8-21(9-6-13)10-7-16(22)20-17-14(11-19)15(12-23-17)18(2,3)4/h5-6,8-9,12H,7,10H2,1-4H3/p+1. The van der Waals surface area contributed by atoms with E-state index in [2.05, 4.69) is 32.2 Å². The first-order valence-electron chi connectivity index (χ1n) is 7.59. The lowest BCUT2D eigenvalue weighted by Gasteiger charge is -2.17. The van der Waals surface area contributed by atoms with Crippen LogP contribution in [0.4, 0.5) is 5.00 Å². The topological polar surface area (TPSA) is 56.8 Å². The highest BCUT2D eigenvalue weighted by Crippen LogP contribution is 2.35. The largest absolute Gasteiger partial charge is 0.316 e. The molecule has 0 atom stereocenters. The van der Waals surface area contributed by atoms with Gasteiger partial charge >= 0.3 is 0 Å². The fourth-order valence-corrected chi connectivity index (χ4v) is 3.37. The summed E-state index contributed by atoms with van der Waals surface area (Å²) in [5, 5.41) is 14.9. The molecule has 0 unspecified atom stereocenters. The van der Waals surface area contributed by atoms with Gasteiger partial charge in [0.2, 0.25) is 5.91 Å². The van der Waals surface area contributed by atoms with E-state index in [9.17, 15) is 10.1 Å². The van der Waals surface area contributed by atoms with Crippen molar-refractivity contribution in [3.8, 4) is 6.07 Å². The van der Waals surface area contributed by atoms with Gasteiger partial charge in [-0.15, -0.1) is 11.3 Å². The number of rotatable bonds is 4. The Balaban J connectivity index is 2.02. The molecule has 5 heteroatoms. The molecule has 0 aliphatic carbocycles. The lowest BCUT2D eigenvalue weighted by atomic mass is 9.86. The normalized spacial score (nSPS) is 11.1. The Bertz CT molecular complexity index is 733. The second-order valence-electron chi connectivity index (χ2n) is 6.63. The third kappa shape index (κ3) is 4.40. The molecule has 2 aromatic rings. The molecule has 0 saturated heterocycles. The van der Waals surface area contributed by atoms with Crippen LogP contribution in [0.2, 0.25) is 0 Å². The number of hydrogen-bond donors (Lipinski definition) is 1. The van der Waals surface area contributed by atoms with Crippen molar-refractivity contribution in [2.24, 2.45) is 0 Å². The molecule has 0 aliphatic rings. The number of nitrogens with one attached hydrogen (secondary N) is 1. The predicted octanol–water partition coefficient (Wildman–Crippen LogP) is 3.54. The quantitative estimate of drug-likeness (QED) is 0.873. The van der Waals surface area contributed by atoms with Gasteiger partial charge in [0, 0.05) is 12.1 Å². The molecule has 0 saturated carbocycles. The van der Waals surface area contributed by atoms with Gasteiger partial charge in [-0.25, -0.2) is 4.57 Å². The minimum absolute atomic E-state index is 0.0723. The summed E-state index contributed by atoms with van der Waals surface area (Å²) in [5.41, 5.74) is 2.65. The minimum atomic E-state index is -0.109. The Kier molecular flexibility index (Phi) is 5.17.